The molecule has 4 heteroatoms. The van der Waals surface area contributed by atoms with E-state index < -0.39 is 11.7 Å². The van der Waals surface area contributed by atoms with Crippen molar-refractivity contribution in [2.75, 3.05) is 6.26 Å². The summed E-state index contributed by atoms with van der Waals surface area (Å²) in [6, 6.07) is 0. The van der Waals surface area contributed by atoms with Crippen LogP contribution in [0.4, 0.5) is 13.2 Å². The Kier molecular flexibility index (Phi) is 2.88. The molecule has 0 aromatic heterocycles. The minimum absolute atomic E-state index is 0.119. The topological polar surface area (TPSA) is 0 Å². The van der Waals surface area contributed by atoms with Gasteiger partial charge in [-0.1, -0.05) is 6.08 Å². The summed E-state index contributed by atoms with van der Waals surface area (Å²) in [7, 11) is 0. The normalized spacial score (nSPS) is 18.7. The average molecular weight is 194 g/mol. The quantitative estimate of drug-likeness (QED) is 0.615. The third-order valence-electron chi connectivity index (χ3n) is 1.68. The number of hydrogen-bond acceptors (Lipinski definition) is 1. The first-order valence-electron chi connectivity index (χ1n) is 3.56. The van der Waals surface area contributed by atoms with Crippen LogP contribution in [0.2, 0.25) is 0 Å². The standard InChI is InChI=1S/C8H9F3S/c1-12-7-4-2-3-6(5-7)8(9,10)11/h4-5H,2-3H2,1H3. The summed E-state index contributed by atoms with van der Waals surface area (Å²) >= 11 is 1.35. The number of hydrogen-bond donors (Lipinski definition) is 0. The van der Waals surface area contributed by atoms with E-state index in [9.17, 15) is 13.2 Å². The Morgan fingerprint density at radius 3 is 2.58 bits per heavy atom. The van der Waals surface area contributed by atoms with Gasteiger partial charge in [0.1, 0.15) is 0 Å². The molecule has 0 aliphatic heterocycles. The summed E-state index contributed by atoms with van der Waals surface area (Å²) in [6.07, 6.45) is 1.32. The molecule has 1 aliphatic carbocycles. The van der Waals surface area contributed by atoms with Crippen molar-refractivity contribution in [2.45, 2.75) is 19.0 Å². The number of rotatable bonds is 1. The third-order valence-corrected chi connectivity index (χ3v) is 2.43. The Balaban J connectivity index is 2.80. The molecule has 1 rings (SSSR count). The molecule has 0 aromatic carbocycles. The van der Waals surface area contributed by atoms with Gasteiger partial charge in [0.15, 0.2) is 0 Å². The molecule has 0 aromatic rings. The van der Waals surface area contributed by atoms with E-state index in [1.54, 1.807) is 6.26 Å². The highest BCUT2D eigenvalue weighted by Gasteiger charge is 2.33. The average Bonchev–Trinajstić information content (AvgIpc) is 2.03. The molecule has 68 valence electrons. The highest BCUT2D eigenvalue weighted by molar-refractivity contribution is 8.02. The highest BCUT2D eigenvalue weighted by Crippen LogP contribution is 2.34. The van der Waals surface area contributed by atoms with Crippen LogP contribution in [0.5, 0.6) is 0 Å². The van der Waals surface area contributed by atoms with Crippen molar-refractivity contribution in [2.24, 2.45) is 0 Å². The van der Waals surface area contributed by atoms with Crippen molar-refractivity contribution < 1.29 is 13.2 Å². The number of allylic oxidation sites excluding steroid dienone is 3. The summed E-state index contributed by atoms with van der Waals surface area (Å²) in [4.78, 5) is 0.716. The third kappa shape index (κ3) is 2.30. The highest BCUT2D eigenvalue weighted by atomic mass is 32.2. The number of alkyl halides is 3. The van der Waals surface area contributed by atoms with Gasteiger partial charge in [0.05, 0.1) is 0 Å². The Morgan fingerprint density at radius 2 is 2.08 bits per heavy atom. The number of thioether (sulfide) groups is 1. The Hall–Kier alpha value is -0.380. The molecule has 0 saturated carbocycles. The molecule has 0 radical (unpaired) electrons. The van der Waals surface area contributed by atoms with E-state index in [1.807, 2.05) is 6.08 Å². The van der Waals surface area contributed by atoms with Crippen molar-refractivity contribution in [3.63, 3.8) is 0 Å². The molecule has 0 bridgehead atoms. The van der Waals surface area contributed by atoms with E-state index in [4.69, 9.17) is 0 Å². The van der Waals surface area contributed by atoms with Crippen LogP contribution in [0.3, 0.4) is 0 Å². The minimum Gasteiger partial charge on any atom is -0.166 e. The zero-order chi connectivity index (χ0) is 9.19. The van der Waals surface area contributed by atoms with Crippen molar-refractivity contribution in [3.05, 3.63) is 22.6 Å². The van der Waals surface area contributed by atoms with Gasteiger partial charge in [-0.05, 0) is 25.2 Å². The molecule has 1 aliphatic rings. The zero-order valence-corrected chi connectivity index (χ0v) is 7.43. The second kappa shape index (κ2) is 3.56. The van der Waals surface area contributed by atoms with E-state index in [0.29, 0.717) is 11.3 Å². The van der Waals surface area contributed by atoms with Crippen LogP contribution in [0.15, 0.2) is 22.6 Å². The molecule has 0 saturated heterocycles. The lowest BCUT2D eigenvalue weighted by Gasteiger charge is -2.15. The summed E-state index contributed by atoms with van der Waals surface area (Å²) in [6.45, 7) is 0. The fourth-order valence-corrected chi connectivity index (χ4v) is 1.58. The summed E-state index contributed by atoms with van der Waals surface area (Å²) in [5.74, 6) is 0. The Labute approximate surface area is 73.5 Å². The maximum atomic E-state index is 12.1. The van der Waals surface area contributed by atoms with Gasteiger partial charge in [-0.3, -0.25) is 0 Å². The van der Waals surface area contributed by atoms with Crippen LogP contribution in [-0.2, 0) is 0 Å². The van der Waals surface area contributed by atoms with Gasteiger partial charge in [0.2, 0.25) is 0 Å². The first-order valence-corrected chi connectivity index (χ1v) is 4.78. The first kappa shape index (κ1) is 9.71. The van der Waals surface area contributed by atoms with Crippen LogP contribution < -0.4 is 0 Å². The SMILES string of the molecule is CSC1=CCCC(C(F)(F)F)=C1. The number of halogens is 3. The van der Waals surface area contributed by atoms with Gasteiger partial charge in [-0.25, -0.2) is 0 Å². The molecular weight excluding hydrogens is 185 g/mol. The van der Waals surface area contributed by atoms with Crippen molar-refractivity contribution in [3.8, 4) is 0 Å². The zero-order valence-electron chi connectivity index (χ0n) is 6.61. The predicted octanol–water partition coefficient (Wildman–Crippen LogP) is 3.52. The van der Waals surface area contributed by atoms with Crippen LogP contribution in [0.1, 0.15) is 12.8 Å². The van der Waals surface area contributed by atoms with Gasteiger partial charge in [-0.2, -0.15) is 13.2 Å². The van der Waals surface area contributed by atoms with Gasteiger partial charge in [0.25, 0.3) is 0 Å². The molecule has 12 heavy (non-hydrogen) atoms. The molecule has 0 nitrogen and oxygen atoms in total. The second-order valence-electron chi connectivity index (χ2n) is 2.52. The van der Waals surface area contributed by atoms with E-state index >= 15 is 0 Å². The second-order valence-corrected chi connectivity index (χ2v) is 3.40. The fourth-order valence-electron chi connectivity index (χ4n) is 1.04. The monoisotopic (exact) mass is 194 g/mol. The van der Waals surface area contributed by atoms with Gasteiger partial charge < -0.3 is 0 Å². The largest absolute Gasteiger partial charge is 0.412 e. The van der Waals surface area contributed by atoms with Crippen molar-refractivity contribution in [1.29, 1.82) is 0 Å². The smallest absolute Gasteiger partial charge is 0.166 e. The molecule has 0 fully saturated rings. The Bertz CT molecular complexity index is 225. The van der Waals surface area contributed by atoms with Crippen LogP contribution in [0.25, 0.3) is 0 Å². The molecular formula is C8H9F3S. The van der Waals surface area contributed by atoms with Gasteiger partial charge >= 0.3 is 6.18 Å². The molecule has 0 heterocycles. The van der Waals surface area contributed by atoms with E-state index in [1.165, 1.54) is 17.8 Å². The first-order chi connectivity index (χ1) is 5.54. The van der Waals surface area contributed by atoms with Crippen LogP contribution in [-0.4, -0.2) is 12.4 Å². The fraction of sp³-hybridized carbons (Fsp3) is 0.500. The minimum atomic E-state index is -4.14. The van der Waals surface area contributed by atoms with Gasteiger partial charge in [0, 0.05) is 10.5 Å². The lowest BCUT2D eigenvalue weighted by atomic mass is 10.1. The van der Waals surface area contributed by atoms with Crippen LogP contribution in [0, 0.1) is 0 Å². The summed E-state index contributed by atoms with van der Waals surface area (Å²) in [5.41, 5.74) is -0.408. The molecule has 0 amide bonds. The molecule has 0 spiro atoms. The van der Waals surface area contributed by atoms with E-state index in [2.05, 4.69) is 0 Å². The lowest BCUT2D eigenvalue weighted by Crippen LogP contribution is -2.13. The molecule has 0 N–H and O–H groups in total. The summed E-state index contributed by atoms with van der Waals surface area (Å²) < 4.78 is 36.4. The maximum Gasteiger partial charge on any atom is 0.412 e. The van der Waals surface area contributed by atoms with E-state index in [-0.39, 0.29) is 6.42 Å². The van der Waals surface area contributed by atoms with Gasteiger partial charge in [-0.15, -0.1) is 11.8 Å². The van der Waals surface area contributed by atoms with E-state index in [0.717, 1.165) is 0 Å². The van der Waals surface area contributed by atoms with Crippen molar-refractivity contribution >= 4 is 11.8 Å². The lowest BCUT2D eigenvalue weighted by molar-refractivity contribution is -0.0940. The van der Waals surface area contributed by atoms with Crippen LogP contribution >= 0.6 is 11.8 Å². The van der Waals surface area contributed by atoms with Crippen molar-refractivity contribution in [1.82, 2.24) is 0 Å². The molecule has 0 atom stereocenters. The summed E-state index contributed by atoms with van der Waals surface area (Å²) in [5, 5.41) is 0. The predicted molar refractivity (Wildman–Crippen MR) is 45.0 cm³/mol. The molecule has 0 unspecified atom stereocenters. The Morgan fingerprint density at radius 1 is 1.42 bits per heavy atom. The maximum absolute atomic E-state index is 12.1.